The number of carbonyl (C=O) groups excluding carboxylic acids is 3. The van der Waals surface area contributed by atoms with Gasteiger partial charge in [-0.1, -0.05) is 41.4 Å². The van der Waals surface area contributed by atoms with Gasteiger partial charge < -0.3 is 83.1 Å². The molecule has 2 amide bonds. The lowest BCUT2D eigenvalue weighted by Gasteiger charge is -2.38. The number of methoxy groups -OCH3 is 1. The van der Waals surface area contributed by atoms with E-state index in [-0.39, 0.29) is 149 Å². The molecular weight excluding hydrogens is 1240 g/mol. The van der Waals surface area contributed by atoms with Gasteiger partial charge in [0.2, 0.25) is 5.91 Å². The number of benzene rings is 5. The monoisotopic (exact) mass is 1320 g/mol. The van der Waals surface area contributed by atoms with E-state index < -0.39 is 39.2 Å². The Hall–Kier alpha value is -5.73. The van der Waals surface area contributed by atoms with Crippen molar-refractivity contribution in [3.05, 3.63) is 128 Å². The second kappa shape index (κ2) is 32.5. The number of unbranched alkanes of at least 4 members (excludes halogenated alkanes) is 1. The van der Waals surface area contributed by atoms with Crippen molar-refractivity contribution in [2.24, 2.45) is 5.73 Å². The number of likely N-dealkylation sites (tertiary alicyclic amines) is 1. The van der Waals surface area contributed by atoms with E-state index in [0.29, 0.717) is 95.5 Å². The molecule has 28 heteroatoms. The van der Waals surface area contributed by atoms with Gasteiger partial charge in [0.15, 0.2) is 11.4 Å². The van der Waals surface area contributed by atoms with Gasteiger partial charge in [0.25, 0.3) is 5.91 Å². The molecule has 7 N–H and O–H groups in total. The number of amides is 2. The maximum Gasteiger partial charge on any atom is 0.472 e. The first-order valence-electron chi connectivity index (χ1n) is 29.1. The summed E-state index contributed by atoms with van der Waals surface area (Å²) in [5, 5.41) is 25.7. The molecule has 3 aliphatic heterocycles. The summed E-state index contributed by atoms with van der Waals surface area (Å²) in [6.45, 7) is 7.75. The van der Waals surface area contributed by atoms with Crippen LogP contribution in [0.1, 0.15) is 82.5 Å². The van der Waals surface area contributed by atoms with E-state index >= 15 is 0 Å². The van der Waals surface area contributed by atoms with E-state index in [0.717, 1.165) is 0 Å². The molecule has 3 aliphatic rings. The lowest BCUT2D eigenvalue weighted by Crippen LogP contribution is -2.38. The number of halogens is 2. The topological polar surface area (TPSA) is 318 Å². The van der Waals surface area contributed by atoms with Crippen molar-refractivity contribution in [2.45, 2.75) is 69.8 Å². The van der Waals surface area contributed by atoms with Crippen LogP contribution in [0.3, 0.4) is 0 Å². The third-order valence-electron chi connectivity index (χ3n) is 14.4. The summed E-state index contributed by atoms with van der Waals surface area (Å²) < 4.78 is 92.7. The summed E-state index contributed by atoms with van der Waals surface area (Å²) in [4.78, 5) is 62.6. The Morgan fingerprint density at radius 1 is 0.809 bits per heavy atom. The second-order valence-electron chi connectivity index (χ2n) is 21.1. The standard InChI is InChI=1S/C61H75Cl2N3O21P2/c1-39(2)86-89(74,75)87-45-34-43(38-76-3)66(37-45)59(70)41-9-14-44(15-10-41)82-32-31-81-30-29-80-28-27-79-26-25-78-24-23-77-22-20-65-54(68)18-13-42-33-50-58(56(63)57(42)69)84-53-36-52(67)48(40-11-16-46(17-12-40)88(72,73)83-21-5-4-19-64)35-49(53)61(50)55-47(60(71)85-61)7-6-8-51(55)62/h6-12,14-17,33,35-36,39,43,45,67,69H,4-5,13,18-32,34,37-38,64H2,1-3H3,(H,65,68)(H,72,73)(H,74,75). The molecule has 1 fully saturated rings. The number of phenolic OH excluding ortho intramolecular Hbond substituents is 2. The molecule has 0 aromatic heterocycles. The highest BCUT2D eigenvalue weighted by Gasteiger charge is 2.56. The van der Waals surface area contributed by atoms with Crippen molar-refractivity contribution in [3.8, 4) is 39.9 Å². The Bertz CT molecular complexity index is 3330. The van der Waals surface area contributed by atoms with Crippen LogP contribution < -0.4 is 25.8 Å². The summed E-state index contributed by atoms with van der Waals surface area (Å²) in [5.74, 6) is -1.42. The van der Waals surface area contributed by atoms with Gasteiger partial charge in [0.1, 0.15) is 34.6 Å². The molecule has 5 unspecified atom stereocenters. The van der Waals surface area contributed by atoms with Crippen molar-refractivity contribution in [1.82, 2.24) is 10.2 Å². The SMILES string of the molecule is COCC1CC(OP(=O)(O)OC(C)C)CN1C(=O)c1ccc(OCCOCCOCCOCCOCCOCCNC(=O)CCc2cc3c(c(Cl)c2O)Oc2cc(O)c(-c4ccc(P(=O)(O)OCCCCN)cc4)cc2C32OC(=O)c3cccc(Cl)c32)cc1. The quantitative estimate of drug-likeness (QED) is 0.0125. The number of aryl methyl sites for hydroxylation is 1. The maximum absolute atomic E-state index is 13.8. The molecule has 3 heterocycles. The zero-order valence-electron chi connectivity index (χ0n) is 49.6. The van der Waals surface area contributed by atoms with Crippen molar-refractivity contribution in [3.63, 3.8) is 0 Å². The third-order valence-corrected chi connectivity index (χ3v) is 17.8. The fraction of sp³-hybridized carbons (Fsp3) is 0.459. The van der Waals surface area contributed by atoms with E-state index in [9.17, 15) is 43.5 Å². The van der Waals surface area contributed by atoms with Gasteiger partial charge in [-0.15, -0.1) is 0 Å². The normalized spacial score (nSPS) is 18.0. The predicted octanol–water partition coefficient (Wildman–Crippen LogP) is 8.19. The molecule has 1 saturated heterocycles. The molecule has 8 rings (SSSR count). The zero-order valence-corrected chi connectivity index (χ0v) is 52.9. The number of fused-ring (bicyclic) bond motifs is 6. The summed E-state index contributed by atoms with van der Waals surface area (Å²) in [7, 11) is -6.95. The molecule has 0 aliphatic carbocycles. The minimum atomic E-state index is -4.29. The Morgan fingerprint density at radius 3 is 2.10 bits per heavy atom. The number of hydrogen-bond donors (Lipinski definition) is 6. The number of rotatable bonds is 36. The van der Waals surface area contributed by atoms with Gasteiger partial charge in [0, 0.05) is 65.5 Å². The molecule has 1 spiro atoms. The number of ether oxygens (including phenoxy) is 9. The maximum atomic E-state index is 13.8. The molecule has 0 bridgehead atoms. The van der Waals surface area contributed by atoms with Crippen LogP contribution in [0, 0.1) is 0 Å². The van der Waals surface area contributed by atoms with Crippen LogP contribution in [0.5, 0.6) is 28.7 Å². The number of phosphoric acid groups is 1. The highest BCUT2D eigenvalue weighted by atomic mass is 35.5. The Kier molecular flexibility index (Phi) is 25.3. The lowest BCUT2D eigenvalue weighted by atomic mass is 9.76. The highest BCUT2D eigenvalue weighted by molar-refractivity contribution is 7.61. The van der Waals surface area contributed by atoms with E-state index in [1.807, 2.05) is 0 Å². The van der Waals surface area contributed by atoms with Crippen molar-refractivity contribution >= 4 is 61.7 Å². The van der Waals surface area contributed by atoms with E-state index in [4.69, 9.17) is 85.1 Å². The van der Waals surface area contributed by atoms with E-state index in [1.54, 1.807) is 85.5 Å². The Morgan fingerprint density at radius 2 is 1.46 bits per heavy atom. The first-order chi connectivity index (χ1) is 42.8. The highest BCUT2D eigenvalue weighted by Crippen LogP contribution is 2.62. The third kappa shape index (κ3) is 17.9. The molecule has 5 aromatic rings. The zero-order chi connectivity index (χ0) is 63.7. The molecule has 5 aromatic carbocycles. The number of nitrogens with two attached hydrogens (primary N) is 1. The molecule has 0 saturated carbocycles. The minimum absolute atomic E-state index is 0.00339. The molecule has 0 radical (unpaired) electrons. The molecular formula is C61H75Cl2N3O21P2. The fourth-order valence-electron chi connectivity index (χ4n) is 10.3. The van der Waals surface area contributed by atoms with E-state index in [2.05, 4.69) is 5.32 Å². The summed E-state index contributed by atoms with van der Waals surface area (Å²) >= 11 is 13.8. The van der Waals surface area contributed by atoms with Crippen LogP contribution in [-0.2, 0) is 72.7 Å². The summed E-state index contributed by atoms with van der Waals surface area (Å²) in [5.41, 5.74) is 5.93. The summed E-state index contributed by atoms with van der Waals surface area (Å²) in [6.07, 6.45) is 0.186. The van der Waals surface area contributed by atoms with Gasteiger partial charge in [-0.3, -0.25) is 23.2 Å². The smallest absolute Gasteiger partial charge is 0.472 e. The van der Waals surface area contributed by atoms with Crippen LogP contribution in [0.15, 0.2) is 84.9 Å². The number of carbonyl (C=O) groups is 3. The van der Waals surface area contributed by atoms with Crippen molar-refractivity contribution < 1.29 is 99.7 Å². The Balaban J connectivity index is 0.704. The van der Waals surface area contributed by atoms with Crippen LogP contribution >= 0.6 is 38.6 Å². The van der Waals surface area contributed by atoms with Gasteiger partial charge in [-0.05, 0) is 118 Å². The first kappa shape index (κ1) is 69.2. The van der Waals surface area contributed by atoms with Crippen LogP contribution in [-0.4, -0.2) is 174 Å². The lowest BCUT2D eigenvalue weighted by molar-refractivity contribution is -0.121. The van der Waals surface area contributed by atoms with Gasteiger partial charge in [0.05, 0.1) is 108 Å². The second-order valence-corrected chi connectivity index (χ2v) is 25.1. The number of esters is 1. The molecule has 484 valence electrons. The average Bonchev–Trinajstić information content (AvgIpc) is 1.73. The number of nitrogens with zero attached hydrogens (tertiary/aromatic N) is 1. The number of nitrogens with one attached hydrogen (secondary N) is 1. The molecule has 89 heavy (non-hydrogen) atoms. The minimum Gasteiger partial charge on any atom is -0.507 e. The number of phenols is 2. The van der Waals surface area contributed by atoms with Crippen LogP contribution in [0.25, 0.3) is 11.1 Å². The van der Waals surface area contributed by atoms with Crippen LogP contribution in [0.2, 0.25) is 10.0 Å². The van der Waals surface area contributed by atoms with Gasteiger partial charge in [-0.25, -0.2) is 9.36 Å². The average molecular weight is 1320 g/mol. The largest absolute Gasteiger partial charge is 0.507 e. The van der Waals surface area contributed by atoms with Crippen molar-refractivity contribution in [1.29, 1.82) is 0 Å². The number of hydrogen-bond acceptors (Lipinski definition) is 20. The number of aromatic hydroxyl groups is 2. The Labute approximate surface area is 525 Å². The number of phosphoric ester groups is 1. The van der Waals surface area contributed by atoms with Crippen molar-refractivity contribution in [2.75, 3.05) is 113 Å². The summed E-state index contributed by atoms with van der Waals surface area (Å²) in [6, 6.07) is 21.5. The first-order valence-corrected chi connectivity index (χ1v) is 32.9. The predicted molar refractivity (Wildman–Crippen MR) is 327 cm³/mol. The molecule has 5 atom stereocenters. The van der Waals surface area contributed by atoms with Gasteiger partial charge in [-0.2, -0.15) is 0 Å². The van der Waals surface area contributed by atoms with Crippen LogP contribution in [0.4, 0.5) is 0 Å². The van der Waals surface area contributed by atoms with Gasteiger partial charge >= 0.3 is 21.4 Å². The molecule has 24 nitrogen and oxygen atoms in total. The fourth-order valence-corrected chi connectivity index (χ4v) is 13.1. The van der Waals surface area contributed by atoms with E-state index in [1.165, 1.54) is 25.3 Å².